The van der Waals surface area contributed by atoms with Crippen molar-refractivity contribution in [1.82, 2.24) is 9.29 Å². The number of hydrogen-bond donors (Lipinski definition) is 0. The van der Waals surface area contributed by atoms with Crippen LogP contribution in [0.3, 0.4) is 0 Å². The van der Waals surface area contributed by atoms with Gasteiger partial charge in [-0.3, -0.25) is 0 Å². The summed E-state index contributed by atoms with van der Waals surface area (Å²) in [5, 5.41) is 12.1. The molecule has 3 aromatic rings. The van der Waals surface area contributed by atoms with Crippen LogP contribution in [0.25, 0.3) is 11.3 Å². The predicted octanol–water partition coefficient (Wildman–Crippen LogP) is 3.20. The molecule has 7 nitrogen and oxygen atoms in total. The first kappa shape index (κ1) is 20.3. The lowest BCUT2D eigenvalue weighted by molar-refractivity contribution is 0.384. The summed E-state index contributed by atoms with van der Waals surface area (Å²) in [4.78, 5) is 6.89. The second-order valence-corrected chi connectivity index (χ2v) is 9.46. The molecule has 9 heteroatoms. The number of anilines is 1. The Balaban J connectivity index is 1.49. The number of nitrogens with zero attached hydrogens (tertiary/aromatic N) is 4. The minimum Gasteiger partial charge on any atom is -0.496 e. The lowest BCUT2D eigenvalue weighted by atomic mass is 10.1. The molecule has 1 aromatic heterocycles. The molecule has 0 saturated carbocycles. The third-order valence-corrected chi connectivity index (χ3v) is 7.87. The molecular formula is C21H20N4O3S2. The van der Waals surface area contributed by atoms with E-state index in [4.69, 9.17) is 9.72 Å². The summed E-state index contributed by atoms with van der Waals surface area (Å²) in [6.45, 7) is 1.75. The number of rotatable bonds is 5. The molecule has 1 saturated heterocycles. The molecule has 4 rings (SSSR count). The van der Waals surface area contributed by atoms with E-state index in [1.807, 2.05) is 35.7 Å². The van der Waals surface area contributed by atoms with E-state index in [1.165, 1.54) is 27.8 Å². The van der Waals surface area contributed by atoms with Crippen LogP contribution in [0.15, 0.2) is 58.8 Å². The zero-order valence-corrected chi connectivity index (χ0v) is 18.0. The normalized spacial score (nSPS) is 15.0. The van der Waals surface area contributed by atoms with Crippen LogP contribution in [0, 0.1) is 11.3 Å². The van der Waals surface area contributed by atoms with Gasteiger partial charge in [-0.2, -0.15) is 9.57 Å². The van der Waals surface area contributed by atoms with Crippen molar-refractivity contribution in [1.29, 1.82) is 5.26 Å². The van der Waals surface area contributed by atoms with Crippen molar-refractivity contribution in [3.05, 3.63) is 59.5 Å². The van der Waals surface area contributed by atoms with E-state index in [0.717, 1.165) is 22.1 Å². The van der Waals surface area contributed by atoms with Gasteiger partial charge < -0.3 is 9.64 Å². The van der Waals surface area contributed by atoms with Crippen LogP contribution in [0.5, 0.6) is 5.75 Å². The van der Waals surface area contributed by atoms with Crippen LogP contribution in [0.2, 0.25) is 0 Å². The van der Waals surface area contributed by atoms with E-state index in [9.17, 15) is 13.7 Å². The number of sulfonamides is 1. The third kappa shape index (κ3) is 3.77. The Morgan fingerprint density at radius 2 is 1.77 bits per heavy atom. The summed E-state index contributed by atoms with van der Waals surface area (Å²) in [6.07, 6.45) is 0. The largest absolute Gasteiger partial charge is 0.496 e. The first-order valence-corrected chi connectivity index (χ1v) is 11.7. The lowest BCUT2D eigenvalue weighted by Crippen LogP contribution is -2.48. The van der Waals surface area contributed by atoms with Gasteiger partial charge in [0.05, 0.1) is 23.3 Å². The molecule has 0 bridgehead atoms. The van der Waals surface area contributed by atoms with Crippen molar-refractivity contribution >= 4 is 26.5 Å². The number of ether oxygens (including phenoxy) is 1. The quantitative estimate of drug-likeness (QED) is 0.606. The molecular weight excluding hydrogens is 420 g/mol. The highest BCUT2D eigenvalue weighted by atomic mass is 32.2. The third-order valence-electron chi connectivity index (χ3n) is 5.01. The fraction of sp³-hybridized carbons (Fsp3) is 0.238. The summed E-state index contributed by atoms with van der Waals surface area (Å²) in [6, 6.07) is 16.0. The number of para-hydroxylation sites is 1. The van der Waals surface area contributed by atoms with Crippen LogP contribution in [0.4, 0.5) is 5.13 Å². The molecule has 0 atom stereocenters. The summed E-state index contributed by atoms with van der Waals surface area (Å²) in [7, 11) is -2.07. The smallest absolute Gasteiger partial charge is 0.244 e. The van der Waals surface area contributed by atoms with Crippen LogP contribution >= 0.6 is 11.3 Å². The van der Waals surface area contributed by atoms with E-state index in [1.54, 1.807) is 19.2 Å². The number of hydrogen-bond acceptors (Lipinski definition) is 7. The molecule has 0 unspecified atom stereocenters. The van der Waals surface area contributed by atoms with Crippen LogP contribution in [-0.4, -0.2) is 51.0 Å². The monoisotopic (exact) mass is 440 g/mol. The summed E-state index contributed by atoms with van der Waals surface area (Å²) < 4.78 is 32.9. The van der Waals surface area contributed by atoms with Gasteiger partial charge in [0.15, 0.2) is 5.13 Å². The van der Waals surface area contributed by atoms with E-state index >= 15 is 0 Å². The maximum absolute atomic E-state index is 13.0. The van der Waals surface area contributed by atoms with E-state index in [2.05, 4.69) is 4.90 Å². The molecule has 30 heavy (non-hydrogen) atoms. The van der Waals surface area contributed by atoms with Gasteiger partial charge in [0.2, 0.25) is 10.0 Å². The summed E-state index contributed by atoms with van der Waals surface area (Å²) >= 11 is 1.53. The molecule has 2 aromatic carbocycles. The van der Waals surface area contributed by atoms with Gasteiger partial charge in [-0.25, -0.2) is 13.4 Å². The lowest BCUT2D eigenvalue weighted by Gasteiger charge is -2.33. The number of benzene rings is 2. The molecule has 1 fully saturated rings. The van der Waals surface area contributed by atoms with Crippen LogP contribution < -0.4 is 9.64 Å². The molecule has 154 valence electrons. The predicted molar refractivity (Wildman–Crippen MR) is 116 cm³/mol. The Labute approximate surface area is 179 Å². The highest BCUT2D eigenvalue weighted by Gasteiger charge is 2.31. The van der Waals surface area contributed by atoms with E-state index in [-0.39, 0.29) is 10.5 Å². The average molecular weight is 441 g/mol. The molecule has 0 radical (unpaired) electrons. The Bertz CT molecular complexity index is 1190. The van der Waals surface area contributed by atoms with Gasteiger partial charge in [-0.15, -0.1) is 11.3 Å². The van der Waals surface area contributed by atoms with Crippen molar-refractivity contribution in [2.24, 2.45) is 0 Å². The fourth-order valence-electron chi connectivity index (χ4n) is 3.43. The van der Waals surface area contributed by atoms with Crippen LogP contribution in [0.1, 0.15) is 5.56 Å². The number of thiazole rings is 1. The van der Waals surface area contributed by atoms with Gasteiger partial charge >= 0.3 is 0 Å². The van der Waals surface area contributed by atoms with Gasteiger partial charge in [-0.05, 0) is 24.3 Å². The Kier molecular flexibility index (Phi) is 5.72. The van der Waals surface area contributed by atoms with Crippen molar-refractivity contribution in [2.45, 2.75) is 4.90 Å². The van der Waals surface area contributed by atoms with Gasteiger partial charge in [0.1, 0.15) is 11.8 Å². The van der Waals surface area contributed by atoms with Gasteiger partial charge in [0, 0.05) is 37.1 Å². The molecule has 0 N–H and O–H groups in total. The number of nitriles is 1. The first-order valence-electron chi connectivity index (χ1n) is 9.37. The summed E-state index contributed by atoms with van der Waals surface area (Å²) in [5.41, 5.74) is 1.93. The topological polar surface area (TPSA) is 86.5 Å². The minimum atomic E-state index is -3.71. The second kappa shape index (κ2) is 8.44. The first-order chi connectivity index (χ1) is 14.5. The van der Waals surface area contributed by atoms with E-state index < -0.39 is 10.0 Å². The molecule has 1 aliphatic heterocycles. The average Bonchev–Trinajstić information content (AvgIpc) is 3.29. The number of methoxy groups -OCH3 is 1. The number of aromatic nitrogens is 1. The minimum absolute atomic E-state index is 0.0636. The van der Waals surface area contributed by atoms with Crippen molar-refractivity contribution in [2.75, 3.05) is 38.2 Å². The summed E-state index contributed by atoms with van der Waals surface area (Å²) in [5.74, 6) is 0.765. The standard InChI is InChI=1S/C21H20N4O3S2/c1-28-19-8-4-3-7-17(19)18-15-29-21(23-18)24-10-12-25(13-11-24)30(26,27)20-9-5-2-6-16(20)14-22/h2-9,15H,10-13H2,1H3. The zero-order valence-electron chi connectivity index (χ0n) is 16.4. The zero-order chi connectivity index (χ0) is 21.1. The Morgan fingerprint density at radius 3 is 2.50 bits per heavy atom. The van der Waals surface area contributed by atoms with Gasteiger partial charge in [-0.1, -0.05) is 24.3 Å². The Morgan fingerprint density at radius 1 is 1.07 bits per heavy atom. The fourth-order valence-corrected chi connectivity index (χ4v) is 5.88. The highest BCUT2D eigenvalue weighted by Crippen LogP contribution is 2.33. The molecule has 0 aliphatic carbocycles. The Hall–Kier alpha value is -2.93. The number of piperazine rings is 1. The molecule has 0 amide bonds. The SMILES string of the molecule is COc1ccccc1-c1csc(N2CCN(S(=O)(=O)c3ccccc3C#N)CC2)n1. The van der Waals surface area contributed by atoms with Gasteiger partial charge in [0.25, 0.3) is 0 Å². The van der Waals surface area contributed by atoms with E-state index in [0.29, 0.717) is 26.2 Å². The van der Waals surface area contributed by atoms with Crippen molar-refractivity contribution in [3.63, 3.8) is 0 Å². The molecule has 2 heterocycles. The van der Waals surface area contributed by atoms with Crippen molar-refractivity contribution in [3.8, 4) is 23.1 Å². The molecule has 0 spiro atoms. The molecule has 1 aliphatic rings. The second-order valence-electron chi connectivity index (χ2n) is 6.71. The highest BCUT2D eigenvalue weighted by molar-refractivity contribution is 7.89. The maximum atomic E-state index is 13.0. The van der Waals surface area contributed by atoms with Crippen molar-refractivity contribution < 1.29 is 13.2 Å². The van der Waals surface area contributed by atoms with Crippen LogP contribution in [-0.2, 0) is 10.0 Å². The maximum Gasteiger partial charge on any atom is 0.244 e.